The predicted molar refractivity (Wildman–Crippen MR) is 91.6 cm³/mol. The van der Waals surface area contributed by atoms with Crippen LogP contribution < -0.4 is 9.47 Å². The monoisotopic (exact) mass is 333 g/mol. The van der Waals surface area contributed by atoms with E-state index in [4.69, 9.17) is 14.2 Å². The van der Waals surface area contributed by atoms with E-state index in [-0.39, 0.29) is 5.92 Å². The zero-order chi connectivity index (χ0) is 16.9. The summed E-state index contributed by atoms with van der Waals surface area (Å²) < 4.78 is 16.9. The van der Waals surface area contributed by atoms with Gasteiger partial charge in [0.15, 0.2) is 11.5 Å². The molecule has 2 aliphatic heterocycles. The number of hydrogen-bond acceptors (Lipinski definition) is 5. The Bertz CT molecular complexity index is 548. The number of carbonyl (C=O) groups excluding carboxylic acids is 1. The minimum absolute atomic E-state index is 0.144. The van der Waals surface area contributed by atoms with Gasteiger partial charge < -0.3 is 14.2 Å². The number of fused-ring (bicyclic) bond motifs is 2. The average molecular weight is 333 g/mol. The number of para-hydroxylation sites is 2. The summed E-state index contributed by atoms with van der Waals surface area (Å²) in [5, 5.41) is 0. The van der Waals surface area contributed by atoms with E-state index in [1.54, 1.807) is 0 Å². The highest BCUT2D eigenvalue weighted by molar-refractivity contribution is 5.81. The van der Waals surface area contributed by atoms with Crippen molar-refractivity contribution in [1.82, 2.24) is 4.90 Å². The lowest BCUT2D eigenvalue weighted by molar-refractivity contribution is -0.131. The van der Waals surface area contributed by atoms with Gasteiger partial charge in [-0.25, -0.2) is 0 Å². The highest BCUT2D eigenvalue weighted by Crippen LogP contribution is 2.32. The van der Waals surface area contributed by atoms with Crippen LogP contribution in [0.2, 0.25) is 0 Å². The molecule has 132 valence electrons. The summed E-state index contributed by atoms with van der Waals surface area (Å²) in [5.74, 6) is 1.90. The van der Waals surface area contributed by atoms with Crippen molar-refractivity contribution in [3.63, 3.8) is 0 Å². The van der Waals surface area contributed by atoms with E-state index in [1.807, 2.05) is 31.2 Å². The summed E-state index contributed by atoms with van der Waals surface area (Å²) >= 11 is 0. The van der Waals surface area contributed by atoms with Gasteiger partial charge in [-0.3, -0.25) is 9.69 Å². The predicted octanol–water partition coefficient (Wildman–Crippen LogP) is 2.53. The number of nitrogens with zero attached hydrogens (tertiary/aromatic N) is 1. The van der Waals surface area contributed by atoms with Crippen LogP contribution in [0.1, 0.15) is 26.2 Å². The number of morpholine rings is 1. The molecule has 2 fully saturated rings. The van der Waals surface area contributed by atoms with Crippen LogP contribution in [0.4, 0.5) is 0 Å². The summed E-state index contributed by atoms with van der Waals surface area (Å²) in [6.07, 6.45) is 2.26. The summed E-state index contributed by atoms with van der Waals surface area (Å²) in [6.45, 7) is 4.44. The molecule has 3 rings (SSSR count). The molecule has 2 aliphatic rings. The van der Waals surface area contributed by atoms with Crippen molar-refractivity contribution in [2.45, 2.75) is 38.3 Å². The van der Waals surface area contributed by atoms with Crippen LogP contribution in [0.5, 0.6) is 11.5 Å². The van der Waals surface area contributed by atoms with Gasteiger partial charge in [-0.05, 0) is 38.9 Å². The van der Waals surface area contributed by atoms with E-state index in [0.717, 1.165) is 31.8 Å². The minimum Gasteiger partial charge on any atom is -0.490 e. The van der Waals surface area contributed by atoms with Crippen LogP contribution in [-0.4, -0.2) is 56.2 Å². The third-order valence-corrected chi connectivity index (χ3v) is 5.10. The van der Waals surface area contributed by atoms with Crippen molar-refractivity contribution in [2.24, 2.45) is 5.92 Å². The summed E-state index contributed by atoms with van der Waals surface area (Å²) in [4.78, 5) is 14.9. The Morgan fingerprint density at radius 1 is 1.17 bits per heavy atom. The van der Waals surface area contributed by atoms with Crippen molar-refractivity contribution in [3.8, 4) is 11.5 Å². The Hall–Kier alpha value is -1.59. The zero-order valence-electron chi connectivity index (χ0n) is 14.6. The minimum atomic E-state index is 0.144. The van der Waals surface area contributed by atoms with Crippen molar-refractivity contribution >= 4 is 5.78 Å². The number of piperidine rings is 1. The molecule has 0 amide bonds. The van der Waals surface area contributed by atoms with Gasteiger partial charge >= 0.3 is 0 Å². The lowest BCUT2D eigenvalue weighted by Crippen LogP contribution is -2.55. The lowest BCUT2D eigenvalue weighted by Gasteiger charge is -2.46. The molecule has 5 nitrogen and oxygen atoms in total. The fourth-order valence-corrected chi connectivity index (χ4v) is 3.67. The third-order valence-electron chi connectivity index (χ3n) is 5.10. The Balaban J connectivity index is 1.50. The molecule has 24 heavy (non-hydrogen) atoms. The number of benzene rings is 1. The quantitative estimate of drug-likeness (QED) is 0.767. The highest BCUT2D eigenvalue weighted by atomic mass is 16.5. The van der Waals surface area contributed by atoms with E-state index < -0.39 is 0 Å². The number of Topliss-reactive ketones (excluding diaryl/α,β-unsaturated/α-hetero) is 1. The van der Waals surface area contributed by atoms with E-state index in [9.17, 15) is 4.79 Å². The number of ketones is 1. The molecule has 1 aromatic carbocycles. The average Bonchev–Trinajstić information content (AvgIpc) is 2.56. The van der Waals surface area contributed by atoms with E-state index in [0.29, 0.717) is 43.3 Å². The first-order chi connectivity index (χ1) is 11.7. The summed E-state index contributed by atoms with van der Waals surface area (Å²) in [5.41, 5.74) is 0. The second-order valence-electron chi connectivity index (χ2n) is 6.62. The number of carbonyl (C=O) groups is 1. The molecule has 0 N–H and O–H groups in total. The van der Waals surface area contributed by atoms with Gasteiger partial charge in [-0.2, -0.15) is 0 Å². The topological polar surface area (TPSA) is 48.0 Å². The van der Waals surface area contributed by atoms with Crippen LogP contribution in [0.15, 0.2) is 24.3 Å². The molecule has 0 radical (unpaired) electrons. The smallest absolute Gasteiger partial charge is 0.161 e. The van der Waals surface area contributed by atoms with Gasteiger partial charge in [0.2, 0.25) is 0 Å². The molecule has 2 saturated heterocycles. The zero-order valence-corrected chi connectivity index (χ0v) is 14.6. The summed E-state index contributed by atoms with van der Waals surface area (Å²) in [6, 6.07) is 8.36. The lowest BCUT2D eigenvalue weighted by atomic mass is 9.82. The Morgan fingerprint density at radius 3 is 2.42 bits per heavy atom. The van der Waals surface area contributed by atoms with Crippen molar-refractivity contribution in [1.29, 1.82) is 0 Å². The fourth-order valence-electron chi connectivity index (χ4n) is 3.67. The molecule has 0 aromatic heterocycles. The van der Waals surface area contributed by atoms with Gasteiger partial charge in [-0.1, -0.05) is 12.1 Å². The Labute approximate surface area is 143 Å². The molecule has 0 spiro atoms. The van der Waals surface area contributed by atoms with Gasteiger partial charge in [0.25, 0.3) is 0 Å². The van der Waals surface area contributed by atoms with Crippen molar-refractivity contribution in [2.75, 3.05) is 33.5 Å². The van der Waals surface area contributed by atoms with Crippen LogP contribution >= 0.6 is 0 Å². The molecule has 2 heterocycles. The Morgan fingerprint density at radius 2 is 1.79 bits per heavy atom. The van der Waals surface area contributed by atoms with Crippen LogP contribution in [0.3, 0.4) is 0 Å². The number of hydrogen-bond donors (Lipinski definition) is 0. The first kappa shape index (κ1) is 17.2. The molecule has 0 aliphatic carbocycles. The van der Waals surface area contributed by atoms with Crippen molar-refractivity contribution in [3.05, 3.63) is 24.3 Å². The van der Waals surface area contributed by atoms with Gasteiger partial charge in [0.05, 0.1) is 26.4 Å². The molecular formula is C19H27NO4. The second kappa shape index (κ2) is 7.99. The fraction of sp³-hybridized carbons (Fsp3) is 0.632. The molecule has 2 atom stereocenters. The molecule has 5 heteroatoms. The number of likely N-dealkylation sites (N-methyl/N-ethyl adjacent to an activating group) is 1. The standard InChI is InChI=1S/C19H27NO4/c1-3-23-18-6-4-5-7-19(18)24-9-8-17(21)14-10-15-12-22-13-16(11-14)20(15)2/h4-7,14-16H,3,8-13H2,1-2H3. The molecule has 2 unspecified atom stereocenters. The molecule has 0 saturated carbocycles. The van der Waals surface area contributed by atoms with Gasteiger partial charge in [-0.15, -0.1) is 0 Å². The van der Waals surface area contributed by atoms with Gasteiger partial charge in [0.1, 0.15) is 5.78 Å². The number of rotatable bonds is 7. The summed E-state index contributed by atoms with van der Waals surface area (Å²) in [7, 11) is 2.15. The van der Waals surface area contributed by atoms with E-state index in [1.165, 1.54) is 0 Å². The van der Waals surface area contributed by atoms with E-state index >= 15 is 0 Å². The third kappa shape index (κ3) is 3.90. The van der Waals surface area contributed by atoms with Crippen LogP contribution in [-0.2, 0) is 9.53 Å². The number of ether oxygens (including phenoxy) is 3. The first-order valence-electron chi connectivity index (χ1n) is 8.86. The second-order valence-corrected chi connectivity index (χ2v) is 6.62. The molecule has 1 aromatic rings. The highest BCUT2D eigenvalue weighted by Gasteiger charge is 2.39. The van der Waals surface area contributed by atoms with Crippen LogP contribution in [0.25, 0.3) is 0 Å². The Kier molecular flexibility index (Phi) is 5.74. The normalized spacial score (nSPS) is 26.8. The molecular weight excluding hydrogens is 306 g/mol. The van der Waals surface area contributed by atoms with Crippen LogP contribution in [0, 0.1) is 5.92 Å². The maximum atomic E-state index is 12.6. The van der Waals surface area contributed by atoms with Crippen molar-refractivity contribution < 1.29 is 19.0 Å². The first-order valence-corrected chi connectivity index (χ1v) is 8.86. The van der Waals surface area contributed by atoms with E-state index in [2.05, 4.69) is 11.9 Å². The maximum Gasteiger partial charge on any atom is 0.161 e. The largest absolute Gasteiger partial charge is 0.490 e. The molecule has 2 bridgehead atoms. The maximum absolute atomic E-state index is 12.6. The SMILES string of the molecule is CCOc1ccccc1OCCC(=O)C1CC2COCC(C1)N2C. The van der Waals surface area contributed by atoms with Gasteiger partial charge in [0, 0.05) is 24.4 Å².